The molecule has 17 heteroatoms. The maximum absolute atomic E-state index is 15.3. The predicted molar refractivity (Wildman–Crippen MR) is 203 cm³/mol. The Morgan fingerprint density at radius 3 is 2.54 bits per heavy atom. The lowest BCUT2D eigenvalue weighted by atomic mass is 9.89. The lowest BCUT2D eigenvalue weighted by Gasteiger charge is -2.53. The number of imidazole rings is 1. The number of benzene rings is 2. The summed E-state index contributed by atoms with van der Waals surface area (Å²) in [5, 5.41) is 12.1. The van der Waals surface area contributed by atoms with Crippen molar-refractivity contribution in [2.24, 2.45) is 0 Å². The van der Waals surface area contributed by atoms with Gasteiger partial charge in [0.1, 0.15) is 40.8 Å². The van der Waals surface area contributed by atoms with Gasteiger partial charge in [0.2, 0.25) is 11.9 Å². The Balaban J connectivity index is 1.10. The Hall–Kier alpha value is -5.81. The first-order valence-electron chi connectivity index (χ1n) is 18.8. The standard InChI is InChI=1S/C39H39F3N12O2/c1-20-45-31-11-22(41)9-27-30-5-4-6-34(47-30)46-23-12-33(38(55)50(2)18-26(56-3)19-51(20)35(27)31)52(17-23)36-28-16-44-54(32-8-7-21(40)10-29(32)42)37(28)49-39(48-36)53-24-13-25(53)15-43-14-24/h4-11,16,23-26,33,43H,12-15,17-19H2,1-3H3,(H,46,47)/t23-,24?,25?,26-,33-/m0/s1. The molecule has 5 atom stereocenters. The molecule has 4 aliphatic rings. The van der Waals surface area contributed by atoms with Crippen molar-refractivity contribution in [1.82, 2.24) is 44.5 Å². The van der Waals surface area contributed by atoms with Crippen LogP contribution in [0.25, 0.3) is 39.0 Å². The third-order valence-electron chi connectivity index (χ3n) is 11.7. The number of amides is 1. The van der Waals surface area contributed by atoms with Gasteiger partial charge in [0.05, 0.1) is 41.0 Å². The van der Waals surface area contributed by atoms with Crippen LogP contribution in [0.1, 0.15) is 18.7 Å². The highest BCUT2D eigenvalue weighted by Crippen LogP contribution is 2.39. The topological polar surface area (TPSA) is 134 Å². The molecule has 0 aliphatic carbocycles. The molecule has 6 aromatic rings. The van der Waals surface area contributed by atoms with E-state index in [0.29, 0.717) is 70.7 Å². The Kier molecular flexibility index (Phi) is 8.14. The molecule has 288 valence electrons. The van der Waals surface area contributed by atoms with Crippen LogP contribution in [0.2, 0.25) is 0 Å². The summed E-state index contributed by atoms with van der Waals surface area (Å²) in [6, 6.07) is 11.2. The van der Waals surface area contributed by atoms with Crippen LogP contribution < -0.4 is 20.4 Å². The number of carbonyl (C=O) groups is 1. The zero-order valence-electron chi connectivity index (χ0n) is 31.0. The highest BCUT2D eigenvalue weighted by Gasteiger charge is 2.45. The minimum absolute atomic E-state index is 0.0423. The number of carbonyl (C=O) groups excluding carboxylic acids is 1. The molecule has 56 heavy (non-hydrogen) atoms. The molecule has 4 aliphatic heterocycles. The number of halogens is 3. The number of nitrogens with one attached hydrogen (secondary N) is 2. The van der Waals surface area contributed by atoms with Crippen LogP contribution >= 0.6 is 0 Å². The molecule has 1 amide bonds. The minimum atomic E-state index is -0.783. The van der Waals surface area contributed by atoms with Gasteiger partial charge in [0, 0.05) is 76.2 Å². The van der Waals surface area contributed by atoms with E-state index in [1.165, 1.54) is 28.9 Å². The van der Waals surface area contributed by atoms with Gasteiger partial charge in [-0.15, -0.1) is 0 Å². The van der Waals surface area contributed by atoms with Crippen LogP contribution in [-0.2, 0) is 16.1 Å². The van der Waals surface area contributed by atoms with Gasteiger partial charge in [-0.2, -0.15) is 15.1 Å². The molecule has 0 spiro atoms. The van der Waals surface area contributed by atoms with E-state index in [-0.39, 0.29) is 36.3 Å². The van der Waals surface area contributed by atoms with Crippen LogP contribution in [0.4, 0.5) is 30.8 Å². The highest BCUT2D eigenvalue weighted by atomic mass is 19.1. The third-order valence-corrected chi connectivity index (χ3v) is 11.7. The average Bonchev–Trinajstić information content (AvgIpc) is 3.88. The molecule has 2 unspecified atom stereocenters. The number of anilines is 3. The van der Waals surface area contributed by atoms with Crippen LogP contribution in [-0.4, -0.2) is 116 Å². The van der Waals surface area contributed by atoms with Gasteiger partial charge >= 0.3 is 0 Å². The highest BCUT2D eigenvalue weighted by molar-refractivity contribution is 5.94. The second-order valence-corrected chi connectivity index (χ2v) is 15.2. The zero-order valence-corrected chi connectivity index (χ0v) is 31.0. The molecule has 4 aromatic heterocycles. The first-order valence-corrected chi connectivity index (χ1v) is 18.8. The molecule has 0 saturated carbocycles. The number of fused-ring (bicyclic) bond motifs is 8. The maximum atomic E-state index is 15.3. The van der Waals surface area contributed by atoms with Gasteiger partial charge < -0.3 is 34.6 Å². The third kappa shape index (κ3) is 5.62. The first-order chi connectivity index (χ1) is 27.1. The normalized spacial score (nSPS) is 23.6. The van der Waals surface area contributed by atoms with Crippen LogP contribution in [0, 0.1) is 24.4 Å². The van der Waals surface area contributed by atoms with Crippen molar-refractivity contribution in [2.75, 3.05) is 55.5 Å². The van der Waals surface area contributed by atoms with E-state index >= 15 is 8.78 Å². The number of piperazine rings is 1. The Bertz CT molecular complexity index is 2530. The van der Waals surface area contributed by atoms with Gasteiger partial charge in [-0.25, -0.2) is 27.8 Å². The first kappa shape index (κ1) is 34.7. The molecular weight excluding hydrogens is 726 g/mol. The van der Waals surface area contributed by atoms with Gasteiger partial charge in [-0.3, -0.25) is 4.79 Å². The van der Waals surface area contributed by atoms with Gasteiger partial charge in [0.15, 0.2) is 11.5 Å². The number of ether oxygens (including phenoxy) is 1. The van der Waals surface area contributed by atoms with Crippen molar-refractivity contribution in [1.29, 1.82) is 0 Å². The number of aryl methyl sites for hydroxylation is 1. The second kappa shape index (κ2) is 13.2. The molecule has 0 radical (unpaired) electrons. The number of hydrogen-bond acceptors (Lipinski definition) is 11. The van der Waals surface area contributed by atoms with E-state index in [2.05, 4.69) is 25.6 Å². The van der Waals surface area contributed by atoms with E-state index in [4.69, 9.17) is 19.7 Å². The number of nitrogens with zero attached hydrogens (tertiary/aromatic N) is 10. The summed E-state index contributed by atoms with van der Waals surface area (Å²) in [5.74, 6) is 0.141. The van der Waals surface area contributed by atoms with Crippen molar-refractivity contribution in [3.63, 3.8) is 0 Å². The monoisotopic (exact) mass is 764 g/mol. The lowest BCUT2D eigenvalue weighted by Crippen LogP contribution is -2.68. The summed E-state index contributed by atoms with van der Waals surface area (Å²) < 4.78 is 53.8. The quantitative estimate of drug-likeness (QED) is 0.270. The van der Waals surface area contributed by atoms with E-state index in [9.17, 15) is 9.18 Å². The fraction of sp³-hybridized carbons (Fsp3) is 0.385. The molecular formula is C39H39F3N12O2. The fourth-order valence-electron chi connectivity index (χ4n) is 8.97. The SMILES string of the molecule is CO[C@H]1CN(C)C(=O)[C@@H]2C[C@@H](CN2c2nc(N3C4CNCC3C4)nc3c2cnn3-c2ccc(F)cc2F)Nc2cccc(n2)-c2cc(F)cc3nc(C)n(c23)C1. The molecule has 2 aromatic carbocycles. The molecule has 14 nitrogen and oxygen atoms in total. The molecule has 3 saturated heterocycles. The minimum Gasteiger partial charge on any atom is -0.378 e. The summed E-state index contributed by atoms with van der Waals surface area (Å²) in [4.78, 5) is 40.4. The van der Waals surface area contributed by atoms with E-state index in [1.807, 2.05) is 34.6 Å². The summed E-state index contributed by atoms with van der Waals surface area (Å²) in [6.07, 6.45) is 2.53. The second-order valence-electron chi connectivity index (χ2n) is 15.2. The van der Waals surface area contributed by atoms with Gasteiger partial charge in [0.25, 0.3) is 0 Å². The fourth-order valence-corrected chi connectivity index (χ4v) is 8.97. The van der Waals surface area contributed by atoms with Gasteiger partial charge in [-0.05, 0) is 50.1 Å². The Morgan fingerprint density at radius 1 is 0.911 bits per heavy atom. The van der Waals surface area contributed by atoms with Crippen LogP contribution in [0.15, 0.2) is 54.7 Å². The van der Waals surface area contributed by atoms with Crippen molar-refractivity contribution >= 4 is 45.6 Å². The smallest absolute Gasteiger partial charge is 0.245 e. The van der Waals surface area contributed by atoms with E-state index in [0.717, 1.165) is 31.1 Å². The number of methoxy groups -OCH3 is 1. The van der Waals surface area contributed by atoms with E-state index < -0.39 is 29.6 Å². The average molecular weight is 765 g/mol. The number of aromatic nitrogens is 7. The van der Waals surface area contributed by atoms with Crippen LogP contribution in [0.3, 0.4) is 0 Å². The predicted octanol–water partition coefficient (Wildman–Crippen LogP) is 4.05. The number of hydrogen-bond donors (Lipinski definition) is 2. The van der Waals surface area contributed by atoms with E-state index in [1.54, 1.807) is 25.3 Å². The summed E-state index contributed by atoms with van der Waals surface area (Å²) in [5.41, 5.74) is 2.80. The molecule has 3 fully saturated rings. The molecule has 2 N–H and O–H groups in total. The summed E-state index contributed by atoms with van der Waals surface area (Å²) in [6.45, 7) is 4.38. The van der Waals surface area contributed by atoms with Crippen molar-refractivity contribution in [3.05, 3.63) is 78.0 Å². The Morgan fingerprint density at radius 2 is 1.75 bits per heavy atom. The van der Waals surface area contributed by atoms with Crippen molar-refractivity contribution < 1.29 is 22.7 Å². The van der Waals surface area contributed by atoms with Crippen molar-refractivity contribution in [3.8, 4) is 16.9 Å². The number of rotatable bonds is 4. The maximum Gasteiger partial charge on any atom is 0.245 e. The summed E-state index contributed by atoms with van der Waals surface area (Å²) >= 11 is 0. The van der Waals surface area contributed by atoms with Crippen LogP contribution in [0.5, 0.6) is 0 Å². The molecule has 10 rings (SSSR count). The zero-order chi connectivity index (χ0) is 38.4. The molecule has 6 bridgehead atoms. The lowest BCUT2D eigenvalue weighted by molar-refractivity contribution is -0.132. The van der Waals surface area contributed by atoms with Gasteiger partial charge in [-0.1, -0.05) is 6.07 Å². The Labute approximate surface area is 319 Å². The number of pyridine rings is 1. The largest absolute Gasteiger partial charge is 0.378 e. The van der Waals surface area contributed by atoms with Crippen molar-refractivity contribution in [2.45, 2.75) is 56.6 Å². The number of likely N-dealkylation sites (N-methyl/N-ethyl adjacent to an activating group) is 1. The number of piperidine rings is 1. The summed E-state index contributed by atoms with van der Waals surface area (Å²) in [7, 11) is 3.38. The molecule has 8 heterocycles.